The molecule has 0 amide bonds. The molecule has 4 rings (SSSR count). The summed E-state index contributed by atoms with van der Waals surface area (Å²) in [5.74, 6) is 1.19. The fourth-order valence-corrected chi connectivity index (χ4v) is 3.55. The molecule has 2 saturated heterocycles. The number of aromatic hydroxyl groups is 1. The number of morpholine rings is 1. The van der Waals surface area contributed by atoms with Crippen LogP contribution in [-0.4, -0.2) is 41.7 Å². The lowest BCUT2D eigenvalue weighted by atomic mass is 10.2. The first-order valence-corrected chi connectivity index (χ1v) is 8.49. The van der Waals surface area contributed by atoms with E-state index >= 15 is 0 Å². The Bertz CT molecular complexity index is 768. The van der Waals surface area contributed by atoms with Gasteiger partial charge in [-0.2, -0.15) is 0 Å². The summed E-state index contributed by atoms with van der Waals surface area (Å²) in [5.41, 5.74) is 1.11. The maximum Gasteiger partial charge on any atom is 0.157 e. The number of aldehydes is 1. The third kappa shape index (κ3) is 3.17. The molecule has 1 N–H and O–H groups in total. The predicted molar refractivity (Wildman–Crippen MR) is 92.2 cm³/mol. The molecule has 2 aliphatic heterocycles. The molecule has 1 aromatic carbocycles. The van der Waals surface area contributed by atoms with E-state index in [-0.39, 0.29) is 30.1 Å². The first-order chi connectivity index (χ1) is 12.2. The molecule has 3 heterocycles. The first-order valence-electron chi connectivity index (χ1n) is 8.49. The number of anilines is 1. The summed E-state index contributed by atoms with van der Waals surface area (Å²) >= 11 is 0. The van der Waals surface area contributed by atoms with Crippen molar-refractivity contribution in [3.05, 3.63) is 47.7 Å². The van der Waals surface area contributed by atoms with Gasteiger partial charge in [-0.25, -0.2) is 4.98 Å². The molecule has 25 heavy (non-hydrogen) atoms. The van der Waals surface area contributed by atoms with E-state index in [4.69, 9.17) is 9.47 Å². The number of hydrogen-bond donors (Lipinski definition) is 1. The second kappa shape index (κ2) is 6.72. The molecule has 6 nitrogen and oxygen atoms in total. The zero-order chi connectivity index (χ0) is 17.2. The molecular formula is C19H20N2O4. The number of ether oxygens (including phenoxy) is 2. The largest absolute Gasteiger partial charge is 0.507 e. The molecule has 2 fully saturated rings. The summed E-state index contributed by atoms with van der Waals surface area (Å²) in [6.45, 7) is 1.96. The smallest absolute Gasteiger partial charge is 0.157 e. The van der Waals surface area contributed by atoms with E-state index in [1.165, 1.54) is 6.07 Å². The number of carbonyl (C=O) groups is 1. The van der Waals surface area contributed by atoms with E-state index in [0.29, 0.717) is 12.0 Å². The fourth-order valence-electron chi connectivity index (χ4n) is 3.55. The molecule has 1 aromatic heterocycles. The highest BCUT2D eigenvalue weighted by atomic mass is 16.5. The van der Waals surface area contributed by atoms with Crippen LogP contribution in [0.4, 0.5) is 5.82 Å². The molecule has 0 spiro atoms. The zero-order valence-electron chi connectivity index (χ0n) is 13.8. The van der Waals surface area contributed by atoms with Crippen LogP contribution in [0, 0.1) is 0 Å². The van der Waals surface area contributed by atoms with Gasteiger partial charge in [0.1, 0.15) is 23.9 Å². The van der Waals surface area contributed by atoms with Gasteiger partial charge in [-0.3, -0.25) is 4.79 Å². The summed E-state index contributed by atoms with van der Waals surface area (Å²) in [5, 5.41) is 9.77. The van der Waals surface area contributed by atoms with Gasteiger partial charge in [0, 0.05) is 24.8 Å². The van der Waals surface area contributed by atoms with Gasteiger partial charge in [0.25, 0.3) is 0 Å². The third-order valence-electron chi connectivity index (χ3n) is 4.75. The van der Waals surface area contributed by atoms with Crippen LogP contribution < -0.4 is 9.64 Å². The Morgan fingerprint density at radius 2 is 2.04 bits per heavy atom. The summed E-state index contributed by atoms with van der Waals surface area (Å²) < 4.78 is 11.7. The highest BCUT2D eigenvalue weighted by Gasteiger charge is 2.34. The van der Waals surface area contributed by atoms with Crippen molar-refractivity contribution in [3.8, 4) is 11.5 Å². The number of aromatic nitrogens is 1. The average Bonchev–Trinajstić information content (AvgIpc) is 2.98. The molecule has 130 valence electrons. The average molecular weight is 340 g/mol. The number of rotatable bonds is 5. The first kappa shape index (κ1) is 15.9. The van der Waals surface area contributed by atoms with Crippen molar-refractivity contribution in [2.75, 3.05) is 18.0 Å². The molecule has 2 aromatic rings. The molecular weight excluding hydrogens is 320 g/mol. The summed E-state index contributed by atoms with van der Waals surface area (Å²) in [4.78, 5) is 18.0. The number of carbonyl (C=O) groups excluding carboxylic acids is 1. The lowest BCUT2D eigenvalue weighted by Crippen LogP contribution is -2.43. The van der Waals surface area contributed by atoms with Crippen LogP contribution >= 0.6 is 0 Å². The Balaban J connectivity index is 1.54. The minimum atomic E-state index is -0.0799. The van der Waals surface area contributed by atoms with Gasteiger partial charge in [-0.15, -0.1) is 0 Å². The van der Waals surface area contributed by atoms with Crippen molar-refractivity contribution in [1.29, 1.82) is 0 Å². The van der Waals surface area contributed by atoms with E-state index in [1.54, 1.807) is 18.3 Å². The van der Waals surface area contributed by atoms with Crippen LogP contribution in [0.2, 0.25) is 0 Å². The normalized spacial score (nSPS) is 22.0. The number of pyridine rings is 1. The lowest BCUT2D eigenvalue weighted by molar-refractivity contribution is 0.0301. The van der Waals surface area contributed by atoms with Gasteiger partial charge in [-0.05, 0) is 31.0 Å². The van der Waals surface area contributed by atoms with Crippen molar-refractivity contribution >= 4 is 12.1 Å². The number of phenols is 1. The topological polar surface area (TPSA) is 71.9 Å². The number of hydrogen-bond acceptors (Lipinski definition) is 6. The molecule has 2 bridgehead atoms. The van der Waals surface area contributed by atoms with Crippen molar-refractivity contribution in [3.63, 3.8) is 0 Å². The van der Waals surface area contributed by atoms with E-state index in [1.807, 2.05) is 12.1 Å². The standard InChI is InChI=1S/C19H20N2O4/c22-11-16-17(23)4-1-5-18(16)24-12-13-3-2-8-20-19(13)21-9-14-6-7-15(10-21)25-14/h1-5,8,11,14-15,23H,6-7,9-10,12H2. The Morgan fingerprint density at radius 1 is 1.24 bits per heavy atom. The number of nitrogens with zero attached hydrogens (tertiary/aromatic N) is 2. The Morgan fingerprint density at radius 3 is 2.80 bits per heavy atom. The van der Waals surface area contributed by atoms with Crippen LogP contribution in [-0.2, 0) is 11.3 Å². The van der Waals surface area contributed by atoms with Crippen LogP contribution in [0.25, 0.3) is 0 Å². The quantitative estimate of drug-likeness (QED) is 0.844. The summed E-state index contributed by atoms with van der Waals surface area (Å²) in [6, 6.07) is 8.65. The van der Waals surface area contributed by atoms with E-state index in [0.717, 1.165) is 37.3 Å². The van der Waals surface area contributed by atoms with Crippen molar-refractivity contribution < 1.29 is 19.4 Å². The highest BCUT2D eigenvalue weighted by Crippen LogP contribution is 2.31. The Kier molecular flexibility index (Phi) is 4.28. The summed E-state index contributed by atoms with van der Waals surface area (Å²) in [6.07, 6.45) is 5.15. The van der Waals surface area contributed by atoms with Gasteiger partial charge < -0.3 is 19.5 Å². The number of fused-ring (bicyclic) bond motifs is 2. The molecule has 0 radical (unpaired) electrons. The van der Waals surface area contributed by atoms with Gasteiger partial charge in [0.15, 0.2) is 6.29 Å². The molecule has 2 aliphatic rings. The minimum absolute atomic E-state index is 0.0799. The molecule has 2 atom stereocenters. The van der Waals surface area contributed by atoms with E-state index in [9.17, 15) is 9.90 Å². The van der Waals surface area contributed by atoms with Gasteiger partial charge in [0.05, 0.1) is 17.8 Å². The van der Waals surface area contributed by atoms with Crippen LogP contribution in [0.1, 0.15) is 28.8 Å². The summed E-state index contributed by atoms with van der Waals surface area (Å²) in [7, 11) is 0. The Hall–Kier alpha value is -2.60. The second-order valence-electron chi connectivity index (χ2n) is 6.44. The van der Waals surface area contributed by atoms with Gasteiger partial charge >= 0.3 is 0 Å². The number of benzene rings is 1. The maximum atomic E-state index is 11.2. The van der Waals surface area contributed by atoms with Gasteiger partial charge in [0.2, 0.25) is 0 Å². The van der Waals surface area contributed by atoms with Gasteiger partial charge in [-0.1, -0.05) is 12.1 Å². The van der Waals surface area contributed by atoms with Crippen molar-refractivity contribution in [2.45, 2.75) is 31.7 Å². The molecule has 2 unspecified atom stereocenters. The van der Waals surface area contributed by atoms with Crippen LogP contribution in [0.15, 0.2) is 36.5 Å². The number of phenolic OH excluding ortho intramolecular Hbond substituents is 1. The second-order valence-corrected chi connectivity index (χ2v) is 6.44. The molecule has 0 saturated carbocycles. The molecule has 0 aliphatic carbocycles. The monoisotopic (exact) mass is 340 g/mol. The fraction of sp³-hybridized carbons (Fsp3) is 0.368. The van der Waals surface area contributed by atoms with Crippen molar-refractivity contribution in [2.24, 2.45) is 0 Å². The SMILES string of the molecule is O=Cc1c(O)cccc1OCc1cccnc1N1CC2CCC(C1)O2. The lowest BCUT2D eigenvalue weighted by Gasteiger charge is -2.34. The minimum Gasteiger partial charge on any atom is -0.507 e. The van der Waals surface area contributed by atoms with E-state index < -0.39 is 0 Å². The zero-order valence-corrected chi connectivity index (χ0v) is 13.8. The molecule has 6 heteroatoms. The maximum absolute atomic E-state index is 11.2. The highest BCUT2D eigenvalue weighted by molar-refractivity contribution is 5.83. The Labute approximate surface area is 146 Å². The van der Waals surface area contributed by atoms with Crippen molar-refractivity contribution in [1.82, 2.24) is 4.98 Å². The van der Waals surface area contributed by atoms with Crippen LogP contribution in [0.5, 0.6) is 11.5 Å². The van der Waals surface area contributed by atoms with Crippen LogP contribution in [0.3, 0.4) is 0 Å². The third-order valence-corrected chi connectivity index (χ3v) is 4.75. The van der Waals surface area contributed by atoms with E-state index in [2.05, 4.69) is 9.88 Å². The predicted octanol–water partition coefficient (Wildman–Crippen LogP) is 2.55.